The van der Waals surface area contributed by atoms with Crippen molar-refractivity contribution in [2.45, 2.75) is 26.5 Å². The van der Waals surface area contributed by atoms with Crippen molar-refractivity contribution < 1.29 is 24.2 Å². The molecule has 20 heavy (non-hydrogen) atoms. The van der Waals surface area contributed by atoms with Crippen LogP contribution in [0.5, 0.6) is 5.75 Å². The standard InChI is InChI=1S/C13H18N2O5/c1-8(2)11(12(16)17)15-13(18)20-7-9-4-10(19-3)6-14-5-9/h4-6,8,11H,7H2,1-3H3,(H,15,18)(H,16,17). The largest absolute Gasteiger partial charge is 0.495 e. The molecule has 0 aliphatic rings. The predicted molar refractivity (Wildman–Crippen MR) is 70.4 cm³/mol. The Kier molecular flexibility index (Phi) is 5.76. The number of nitrogens with one attached hydrogen (secondary N) is 1. The van der Waals surface area contributed by atoms with Crippen molar-refractivity contribution in [2.75, 3.05) is 7.11 Å². The van der Waals surface area contributed by atoms with E-state index in [1.807, 2.05) is 0 Å². The summed E-state index contributed by atoms with van der Waals surface area (Å²) in [5.41, 5.74) is 0.649. The van der Waals surface area contributed by atoms with E-state index in [4.69, 9.17) is 14.6 Å². The second-order valence-corrected chi connectivity index (χ2v) is 4.51. The zero-order chi connectivity index (χ0) is 15.1. The zero-order valence-corrected chi connectivity index (χ0v) is 11.6. The van der Waals surface area contributed by atoms with Gasteiger partial charge in [0, 0.05) is 11.8 Å². The fourth-order valence-corrected chi connectivity index (χ4v) is 1.49. The van der Waals surface area contributed by atoms with Crippen molar-refractivity contribution in [3.05, 3.63) is 24.0 Å². The minimum atomic E-state index is -1.10. The SMILES string of the molecule is COc1cncc(COC(=O)NC(C(=O)O)C(C)C)c1. The fraction of sp³-hybridized carbons (Fsp3) is 0.462. The molecule has 0 saturated heterocycles. The highest BCUT2D eigenvalue weighted by Gasteiger charge is 2.23. The summed E-state index contributed by atoms with van der Waals surface area (Å²) in [5.74, 6) is -0.782. The van der Waals surface area contributed by atoms with Gasteiger partial charge in [-0.2, -0.15) is 0 Å². The van der Waals surface area contributed by atoms with Gasteiger partial charge in [0.25, 0.3) is 0 Å². The van der Waals surface area contributed by atoms with E-state index in [-0.39, 0.29) is 12.5 Å². The van der Waals surface area contributed by atoms with Gasteiger partial charge in [-0.25, -0.2) is 9.59 Å². The monoisotopic (exact) mass is 282 g/mol. The molecule has 0 radical (unpaired) electrons. The number of methoxy groups -OCH3 is 1. The van der Waals surface area contributed by atoms with Crippen LogP contribution in [0.15, 0.2) is 18.5 Å². The molecule has 7 nitrogen and oxygen atoms in total. The summed E-state index contributed by atoms with van der Waals surface area (Å²) in [6.07, 6.45) is 2.28. The molecule has 1 rings (SSSR count). The third-order valence-corrected chi connectivity index (χ3v) is 2.58. The number of hydrogen-bond donors (Lipinski definition) is 2. The third kappa shape index (κ3) is 4.75. The number of carbonyl (C=O) groups is 2. The Morgan fingerprint density at radius 1 is 1.40 bits per heavy atom. The van der Waals surface area contributed by atoms with Crippen LogP contribution in [-0.4, -0.2) is 35.3 Å². The minimum Gasteiger partial charge on any atom is -0.495 e. The Balaban J connectivity index is 2.52. The first-order chi connectivity index (χ1) is 9.43. The lowest BCUT2D eigenvalue weighted by Gasteiger charge is -2.17. The number of aliphatic carboxylic acids is 1. The van der Waals surface area contributed by atoms with Gasteiger partial charge in [-0.3, -0.25) is 4.98 Å². The number of carboxylic acid groups (broad SMARTS) is 1. The average Bonchev–Trinajstić information content (AvgIpc) is 2.42. The molecule has 1 unspecified atom stereocenters. The molecule has 1 aromatic rings. The summed E-state index contributed by atoms with van der Waals surface area (Å²) < 4.78 is 9.94. The van der Waals surface area contributed by atoms with Crippen molar-refractivity contribution in [3.63, 3.8) is 0 Å². The van der Waals surface area contributed by atoms with Crippen molar-refractivity contribution >= 4 is 12.1 Å². The van der Waals surface area contributed by atoms with E-state index in [0.29, 0.717) is 11.3 Å². The van der Waals surface area contributed by atoms with E-state index in [0.717, 1.165) is 0 Å². The minimum absolute atomic E-state index is 0.0134. The molecular formula is C13H18N2O5. The number of hydrogen-bond acceptors (Lipinski definition) is 5. The molecule has 0 fully saturated rings. The lowest BCUT2D eigenvalue weighted by Crippen LogP contribution is -2.44. The van der Waals surface area contributed by atoms with Crippen LogP contribution in [0.3, 0.4) is 0 Å². The first-order valence-corrected chi connectivity index (χ1v) is 6.08. The molecule has 2 N–H and O–H groups in total. The van der Waals surface area contributed by atoms with E-state index >= 15 is 0 Å². The lowest BCUT2D eigenvalue weighted by atomic mass is 10.1. The molecule has 110 valence electrons. The second kappa shape index (κ2) is 7.32. The maximum atomic E-state index is 11.5. The number of aromatic nitrogens is 1. The molecule has 0 saturated carbocycles. The Morgan fingerprint density at radius 2 is 2.10 bits per heavy atom. The summed E-state index contributed by atoms with van der Waals surface area (Å²) in [5, 5.41) is 11.3. The number of carbonyl (C=O) groups excluding carboxylic acids is 1. The summed E-state index contributed by atoms with van der Waals surface area (Å²) in [6.45, 7) is 3.39. The van der Waals surface area contributed by atoms with Gasteiger partial charge in [-0.1, -0.05) is 13.8 Å². The van der Waals surface area contributed by atoms with Crippen LogP contribution < -0.4 is 10.1 Å². The van der Waals surface area contributed by atoms with Crippen LogP contribution in [0.4, 0.5) is 4.79 Å². The van der Waals surface area contributed by atoms with E-state index in [9.17, 15) is 9.59 Å². The van der Waals surface area contributed by atoms with Crippen LogP contribution in [0.2, 0.25) is 0 Å². The van der Waals surface area contributed by atoms with E-state index in [1.54, 1.807) is 19.9 Å². The first-order valence-electron chi connectivity index (χ1n) is 6.08. The number of rotatable bonds is 6. The number of amides is 1. The van der Waals surface area contributed by atoms with Gasteiger partial charge < -0.3 is 19.9 Å². The number of carboxylic acids is 1. The van der Waals surface area contributed by atoms with Crippen LogP contribution in [0.25, 0.3) is 0 Å². The summed E-state index contributed by atoms with van der Waals surface area (Å²) >= 11 is 0. The van der Waals surface area contributed by atoms with Gasteiger partial charge in [0.15, 0.2) is 0 Å². The van der Waals surface area contributed by atoms with Crippen molar-refractivity contribution in [1.82, 2.24) is 10.3 Å². The Labute approximate surface area is 116 Å². The molecule has 0 aliphatic carbocycles. The molecule has 0 aromatic carbocycles. The molecule has 7 heteroatoms. The molecule has 1 atom stereocenters. The summed E-state index contributed by atoms with van der Waals surface area (Å²) in [7, 11) is 1.51. The summed E-state index contributed by atoms with van der Waals surface area (Å²) in [6, 6.07) is 0.697. The van der Waals surface area contributed by atoms with Crippen molar-refractivity contribution in [2.24, 2.45) is 5.92 Å². The number of alkyl carbamates (subject to hydrolysis) is 1. The third-order valence-electron chi connectivity index (χ3n) is 2.58. The first kappa shape index (κ1) is 15.7. The zero-order valence-electron chi connectivity index (χ0n) is 11.6. The molecule has 1 amide bonds. The van der Waals surface area contributed by atoms with Crippen LogP contribution >= 0.6 is 0 Å². The summed E-state index contributed by atoms with van der Waals surface area (Å²) in [4.78, 5) is 26.4. The van der Waals surface area contributed by atoms with Gasteiger partial charge >= 0.3 is 12.1 Å². The molecule has 1 heterocycles. The van der Waals surface area contributed by atoms with Gasteiger partial charge in [0.05, 0.1) is 13.3 Å². The maximum Gasteiger partial charge on any atom is 0.408 e. The Bertz CT molecular complexity index is 476. The number of ether oxygens (including phenoxy) is 2. The van der Waals surface area contributed by atoms with Crippen LogP contribution in [0, 0.1) is 5.92 Å². The van der Waals surface area contributed by atoms with Gasteiger partial charge in [0.2, 0.25) is 0 Å². The van der Waals surface area contributed by atoms with Crippen molar-refractivity contribution in [1.29, 1.82) is 0 Å². The molecule has 0 bridgehead atoms. The highest BCUT2D eigenvalue weighted by Crippen LogP contribution is 2.11. The van der Waals surface area contributed by atoms with E-state index in [2.05, 4.69) is 10.3 Å². The average molecular weight is 282 g/mol. The van der Waals surface area contributed by atoms with Crippen molar-refractivity contribution in [3.8, 4) is 5.75 Å². The smallest absolute Gasteiger partial charge is 0.408 e. The number of nitrogens with zero attached hydrogens (tertiary/aromatic N) is 1. The topological polar surface area (TPSA) is 97.8 Å². The highest BCUT2D eigenvalue weighted by atomic mass is 16.5. The lowest BCUT2D eigenvalue weighted by molar-refractivity contribution is -0.140. The quantitative estimate of drug-likeness (QED) is 0.819. The predicted octanol–water partition coefficient (Wildman–Crippen LogP) is 1.43. The van der Waals surface area contributed by atoms with Crippen LogP contribution in [0.1, 0.15) is 19.4 Å². The van der Waals surface area contributed by atoms with E-state index < -0.39 is 18.1 Å². The van der Waals surface area contributed by atoms with Crippen LogP contribution in [-0.2, 0) is 16.1 Å². The van der Waals surface area contributed by atoms with Gasteiger partial charge in [0.1, 0.15) is 18.4 Å². The Morgan fingerprint density at radius 3 is 2.65 bits per heavy atom. The van der Waals surface area contributed by atoms with Gasteiger partial charge in [-0.15, -0.1) is 0 Å². The van der Waals surface area contributed by atoms with Gasteiger partial charge in [-0.05, 0) is 12.0 Å². The Hall–Kier alpha value is -2.31. The molecule has 0 spiro atoms. The normalized spacial score (nSPS) is 11.8. The molecular weight excluding hydrogens is 264 g/mol. The highest BCUT2D eigenvalue weighted by molar-refractivity contribution is 5.80. The number of pyridine rings is 1. The molecule has 1 aromatic heterocycles. The second-order valence-electron chi connectivity index (χ2n) is 4.51. The fourth-order valence-electron chi connectivity index (χ4n) is 1.49. The maximum absolute atomic E-state index is 11.5. The van der Waals surface area contributed by atoms with E-state index in [1.165, 1.54) is 19.5 Å². The molecule has 0 aliphatic heterocycles.